The minimum absolute atomic E-state index is 0.132. The summed E-state index contributed by atoms with van der Waals surface area (Å²) in [4.78, 5) is 22.8. The molecule has 0 aliphatic rings. The maximum Gasteiger partial charge on any atom is 0.277 e. The molecule has 0 amide bonds. The van der Waals surface area contributed by atoms with E-state index in [0.717, 1.165) is 38.9 Å². The van der Waals surface area contributed by atoms with Crippen molar-refractivity contribution in [3.8, 4) is 0 Å². The summed E-state index contributed by atoms with van der Waals surface area (Å²) in [6, 6.07) is 24.8. The zero-order chi connectivity index (χ0) is 26.4. The number of fused-ring (bicyclic) bond motifs is 3. The molecule has 0 atom stereocenters. The van der Waals surface area contributed by atoms with Crippen LogP contribution in [0.2, 0.25) is 0 Å². The first kappa shape index (κ1) is 25.2. The summed E-state index contributed by atoms with van der Waals surface area (Å²) in [6.07, 6.45) is 5.22. The van der Waals surface area contributed by atoms with E-state index in [1.54, 1.807) is 24.5 Å². The van der Waals surface area contributed by atoms with E-state index in [-0.39, 0.29) is 10.6 Å². The van der Waals surface area contributed by atoms with E-state index in [2.05, 4.69) is 27.1 Å². The first-order chi connectivity index (χ1) is 17.9. The lowest BCUT2D eigenvalue weighted by molar-refractivity contribution is -0.383. The molecule has 37 heavy (non-hydrogen) atoms. The van der Waals surface area contributed by atoms with Crippen LogP contribution in [0.4, 0.5) is 11.4 Å². The van der Waals surface area contributed by atoms with Gasteiger partial charge in [-0.05, 0) is 50.4 Å². The van der Waals surface area contributed by atoms with Crippen molar-refractivity contribution in [2.75, 3.05) is 5.73 Å². The number of hydrogen-bond donors (Lipinski definition) is 1. The predicted molar refractivity (Wildman–Crippen MR) is 151 cm³/mol. The number of benzene rings is 3. The Hall–Kier alpha value is -4.91. The molecule has 3 heterocycles. The van der Waals surface area contributed by atoms with Crippen LogP contribution >= 0.6 is 0 Å². The van der Waals surface area contributed by atoms with Gasteiger partial charge in [0.25, 0.3) is 5.69 Å². The van der Waals surface area contributed by atoms with Gasteiger partial charge >= 0.3 is 0 Å². The van der Waals surface area contributed by atoms with Crippen LogP contribution in [0.1, 0.15) is 17.1 Å². The van der Waals surface area contributed by atoms with E-state index in [1.807, 2.05) is 75.5 Å². The molecule has 6 rings (SSSR count). The number of pyridine rings is 3. The minimum Gasteiger partial charge on any atom is -0.398 e. The molecule has 184 valence electrons. The molecule has 3 aromatic carbocycles. The molecular weight excluding hydrogens is 462 g/mol. The maximum absolute atomic E-state index is 10.7. The molecule has 0 aliphatic heterocycles. The van der Waals surface area contributed by atoms with Gasteiger partial charge in [0.1, 0.15) is 0 Å². The third kappa shape index (κ3) is 5.67. The zero-order valence-electron chi connectivity index (χ0n) is 20.9. The van der Waals surface area contributed by atoms with Crippen molar-refractivity contribution in [2.24, 2.45) is 0 Å². The number of anilines is 1. The van der Waals surface area contributed by atoms with Gasteiger partial charge in [-0.2, -0.15) is 0 Å². The van der Waals surface area contributed by atoms with Crippen molar-refractivity contribution < 1.29 is 4.92 Å². The summed E-state index contributed by atoms with van der Waals surface area (Å²) in [6.45, 7) is 5.86. The molecule has 0 saturated heterocycles. The topological polar surface area (TPSA) is 108 Å². The summed E-state index contributed by atoms with van der Waals surface area (Å²) in [7, 11) is 0. The average molecular weight is 490 g/mol. The smallest absolute Gasteiger partial charge is 0.277 e. The second-order valence-corrected chi connectivity index (χ2v) is 8.48. The van der Waals surface area contributed by atoms with Gasteiger partial charge in [-0.15, -0.1) is 0 Å². The van der Waals surface area contributed by atoms with Crippen LogP contribution in [-0.2, 0) is 0 Å². The number of rotatable bonds is 1. The summed E-state index contributed by atoms with van der Waals surface area (Å²) in [5.74, 6) is 0. The SMILES string of the molecule is Cc1nccc2c(N)cccc12.Cc1nccc2c([N+](=O)[O-])cccc12.Cc1nccc2ccccc12. The minimum atomic E-state index is -0.373. The highest BCUT2D eigenvalue weighted by atomic mass is 16.6. The molecule has 0 spiro atoms. The van der Waals surface area contributed by atoms with Gasteiger partial charge in [-0.1, -0.05) is 48.5 Å². The van der Waals surface area contributed by atoms with Crippen LogP contribution in [0.15, 0.2) is 97.5 Å². The average Bonchev–Trinajstić information content (AvgIpc) is 2.90. The van der Waals surface area contributed by atoms with Gasteiger partial charge in [0.2, 0.25) is 0 Å². The van der Waals surface area contributed by atoms with E-state index in [0.29, 0.717) is 5.39 Å². The van der Waals surface area contributed by atoms with Crippen LogP contribution in [0.25, 0.3) is 32.3 Å². The molecule has 7 heteroatoms. The van der Waals surface area contributed by atoms with Crippen LogP contribution < -0.4 is 5.73 Å². The number of nitro benzene ring substituents is 1. The molecule has 2 N–H and O–H groups in total. The van der Waals surface area contributed by atoms with Crippen molar-refractivity contribution in [3.63, 3.8) is 0 Å². The fourth-order valence-corrected chi connectivity index (χ4v) is 4.14. The predicted octanol–water partition coefficient (Wildman–Crippen LogP) is 7.12. The Balaban J connectivity index is 0.000000131. The van der Waals surface area contributed by atoms with Crippen molar-refractivity contribution in [3.05, 3.63) is 125 Å². The highest BCUT2D eigenvalue weighted by Crippen LogP contribution is 2.26. The maximum atomic E-state index is 10.7. The Morgan fingerprint density at radius 3 is 1.73 bits per heavy atom. The molecule has 6 aromatic rings. The number of nitrogens with zero attached hydrogens (tertiary/aromatic N) is 4. The van der Waals surface area contributed by atoms with E-state index in [9.17, 15) is 10.1 Å². The first-order valence-electron chi connectivity index (χ1n) is 11.8. The molecule has 0 unspecified atom stereocenters. The van der Waals surface area contributed by atoms with Crippen LogP contribution in [0.5, 0.6) is 0 Å². The van der Waals surface area contributed by atoms with E-state index in [1.165, 1.54) is 16.8 Å². The number of nitro groups is 1. The van der Waals surface area contributed by atoms with E-state index in [4.69, 9.17) is 5.73 Å². The molecule has 0 bridgehead atoms. The second kappa shape index (κ2) is 11.2. The lowest BCUT2D eigenvalue weighted by Gasteiger charge is -2.02. The molecule has 0 radical (unpaired) electrons. The van der Waals surface area contributed by atoms with Crippen molar-refractivity contribution in [2.45, 2.75) is 20.8 Å². The second-order valence-electron chi connectivity index (χ2n) is 8.48. The van der Waals surface area contributed by atoms with Crippen LogP contribution in [-0.4, -0.2) is 19.9 Å². The Morgan fingerprint density at radius 2 is 1.11 bits per heavy atom. The molecule has 0 saturated carbocycles. The van der Waals surface area contributed by atoms with Crippen molar-refractivity contribution in [1.82, 2.24) is 15.0 Å². The fourth-order valence-electron chi connectivity index (χ4n) is 4.14. The normalized spacial score (nSPS) is 10.4. The lowest BCUT2D eigenvalue weighted by Crippen LogP contribution is -1.91. The quantitative estimate of drug-likeness (QED) is 0.150. The number of aromatic nitrogens is 3. The Morgan fingerprint density at radius 1 is 0.595 bits per heavy atom. The Kier molecular flexibility index (Phi) is 7.64. The lowest BCUT2D eigenvalue weighted by atomic mass is 10.1. The van der Waals surface area contributed by atoms with Gasteiger partial charge in [-0.25, -0.2) is 0 Å². The third-order valence-electron chi connectivity index (χ3n) is 6.09. The highest BCUT2D eigenvalue weighted by molar-refractivity contribution is 5.94. The largest absolute Gasteiger partial charge is 0.398 e. The van der Waals surface area contributed by atoms with Gasteiger partial charge in [0.15, 0.2) is 0 Å². The molecular formula is C30H27N5O2. The van der Waals surface area contributed by atoms with Crippen molar-refractivity contribution >= 4 is 43.7 Å². The van der Waals surface area contributed by atoms with E-state index < -0.39 is 0 Å². The van der Waals surface area contributed by atoms with Crippen LogP contribution in [0.3, 0.4) is 0 Å². The van der Waals surface area contributed by atoms with Crippen molar-refractivity contribution in [1.29, 1.82) is 0 Å². The standard InChI is InChI=1S/C10H8N2O2.C10H10N2.C10H9N/c1-7-8-3-2-4-10(12(13)14)9(8)5-6-11-7;1-7-8-3-2-4-10(11)9(8)5-6-12-7;1-8-10-5-3-2-4-9(10)6-7-11-8/h2-6H,1H3;2-6H,11H2,1H3;2-7H,1H3. The summed E-state index contributed by atoms with van der Waals surface area (Å²) < 4.78 is 0. The number of aryl methyl sites for hydroxylation is 3. The first-order valence-corrected chi connectivity index (χ1v) is 11.8. The highest BCUT2D eigenvalue weighted by Gasteiger charge is 2.11. The van der Waals surface area contributed by atoms with Gasteiger partial charge in [0, 0.05) is 69.0 Å². The van der Waals surface area contributed by atoms with Crippen LogP contribution in [0, 0.1) is 30.9 Å². The van der Waals surface area contributed by atoms with Gasteiger partial charge in [-0.3, -0.25) is 25.1 Å². The number of nitrogen functional groups attached to an aromatic ring is 1. The molecule has 0 aliphatic carbocycles. The third-order valence-corrected chi connectivity index (χ3v) is 6.09. The Labute approximate surface area is 214 Å². The monoisotopic (exact) mass is 489 g/mol. The molecule has 0 fully saturated rings. The fraction of sp³-hybridized carbons (Fsp3) is 0.100. The number of non-ortho nitro benzene ring substituents is 1. The van der Waals surface area contributed by atoms with E-state index >= 15 is 0 Å². The Bertz CT molecular complexity index is 1670. The summed E-state index contributed by atoms with van der Waals surface area (Å²) in [5, 5.41) is 16.9. The van der Waals surface area contributed by atoms with Gasteiger partial charge < -0.3 is 5.73 Å². The number of hydrogen-bond acceptors (Lipinski definition) is 6. The number of nitrogens with two attached hydrogens (primary N) is 1. The summed E-state index contributed by atoms with van der Waals surface area (Å²) >= 11 is 0. The molecule has 7 nitrogen and oxygen atoms in total. The summed E-state index contributed by atoms with van der Waals surface area (Å²) in [5.41, 5.74) is 9.69. The van der Waals surface area contributed by atoms with Gasteiger partial charge in [0.05, 0.1) is 10.3 Å². The molecule has 3 aromatic heterocycles. The zero-order valence-corrected chi connectivity index (χ0v) is 20.9.